The highest BCUT2D eigenvalue weighted by Gasteiger charge is 2.51. The fraction of sp³-hybridized carbons (Fsp3) is 0.615. The van der Waals surface area contributed by atoms with Gasteiger partial charge in [0.25, 0.3) is 0 Å². The molecule has 1 fully saturated rings. The Kier molecular flexibility index (Phi) is 3.92. The molecule has 4 nitrogen and oxygen atoms in total. The number of hydrogen-bond acceptors (Lipinski definition) is 4. The number of nitrogens with zero attached hydrogens (tertiary/aromatic N) is 1. The molecule has 19 heavy (non-hydrogen) atoms. The number of nitrogens with one attached hydrogen (secondary N) is 1. The van der Waals surface area contributed by atoms with Gasteiger partial charge in [0.1, 0.15) is 0 Å². The van der Waals surface area contributed by atoms with E-state index in [0.29, 0.717) is 16.0 Å². The smallest absolute Gasteiger partial charge is 0.239 e. The highest BCUT2D eigenvalue weighted by atomic mass is 32.1. The highest BCUT2D eigenvalue weighted by Crippen LogP contribution is 2.46. The van der Waals surface area contributed by atoms with Crippen LogP contribution in [0.5, 0.6) is 0 Å². The summed E-state index contributed by atoms with van der Waals surface area (Å²) in [5.74, 6) is 0.394. The number of carbonyl (C=O) groups excluding carboxylic acids is 1. The van der Waals surface area contributed by atoms with Gasteiger partial charge in [0.15, 0.2) is 5.13 Å². The van der Waals surface area contributed by atoms with Gasteiger partial charge in [0.2, 0.25) is 5.91 Å². The summed E-state index contributed by atoms with van der Waals surface area (Å²) >= 11 is 6.58. The average Bonchev–Trinajstić information content (AvgIpc) is 2.64. The average molecular weight is 297 g/mol. The molecule has 0 radical (unpaired) electrons. The minimum absolute atomic E-state index is 0.102. The summed E-state index contributed by atoms with van der Waals surface area (Å²) < 4.78 is 0. The van der Waals surface area contributed by atoms with Gasteiger partial charge in [-0.15, -0.1) is 11.3 Å². The van der Waals surface area contributed by atoms with Gasteiger partial charge in [-0.05, 0) is 32.1 Å². The second-order valence-electron chi connectivity index (χ2n) is 5.29. The van der Waals surface area contributed by atoms with Crippen LogP contribution in [0.2, 0.25) is 0 Å². The zero-order valence-corrected chi connectivity index (χ0v) is 13.1. The van der Waals surface area contributed by atoms with Crippen molar-refractivity contribution in [2.24, 2.45) is 17.1 Å². The highest BCUT2D eigenvalue weighted by molar-refractivity contribution is 7.80. The first kappa shape index (κ1) is 14.4. The Morgan fingerprint density at radius 3 is 2.68 bits per heavy atom. The molecule has 0 atom stereocenters. The van der Waals surface area contributed by atoms with Crippen LogP contribution >= 0.6 is 23.6 Å². The largest absolute Gasteiger partial charge is 0.392 e. The SMILES string of the molecule is CCc1nc(NC(=O)C2(C(N)=S)CC(C)C2)sc1C. The Bertz CT molecular complexity index is 518. The lowest BCUT2D eigenvalue weighted by molar-refractivity contribution is -0.127. The first-order valence-electron chi connectivity index (χ1n) is 6.46. The van der Waals surface area contributed by atoms with E-state index in [0.717, 1.165) is 29.8 Å². The molecule has 0 bridgehead atoms. The molecule has 0 aliphatic heterocycles. The van der Waals surface area contributed by atoms with Crippen LogP contribution in [-0.2, 0) is 11.2 Å². The van der Waals surface area contributed by atoms with Crippen LogP contribution < -0.4 is 11.1 Å². The number of nitrogens with two attached hydrogens (primary N) is 1. The van der Waals surface area contributed by atoms with Crippen LogP contribution in [0.1, 0.15) is 37.3 Å². The van der Waals surface area contributed by atoms with E-state index in [9.17, 15) is 4.79 Å². The zero-order valence-electron chi connectivity index (χ0n) is 11.4. The summed E-state index contributed by atoms with van der Waals surface area (Å²) in [6, 6.07) is 0. The van der Waals surface area contributed by atoms with Crippen LogP contribution in [0.4, 0.5) is 5.13 Å². The van der Waals surface area contributed by atoms with Crippen molar-refractivity contribution in [1.82, 2.24) is 4.98 Å². The third kappa shape index (κ3) is 2.51. The summed E-state index contributed by atoms with van der Waals surface area (Å²) in [5.41, 5.74) is 6.13. The summed E-state index contributed by atoms with van der Waals surface area (Å²) in [7, 11) is 0. The molecule has 0 unspecified atom stereocenters. The molecule has 104 valence electrons. The van der Waals surface area contributed by atoms with Crippen LogP contribution in [0.3, 0.4) is 0 Å². The van der Waals surface area contributed by atoms with Crippen LogP contribution in [-0.4, -0.2) is 15.9 Å². The van der Waals surface area contributed by atoms with E-state index in [1.54, 1.807) is 0 Å². The first-order chi connectivity index (χ1) is 8.89. The van der Waals surface area contributed by atoms with Crippen LogP contribution in [0, 0.1) is 18.3 Å². The van der Waals surface area contributed by atoms with Gasteiger partial charge in [-0.3, -0.25) is 4.79 Å². The van der Waals surface area contributed by atoms with Gasteiger partial charge in [0, 0.05) is 4.88 Å². The Morgan fingerprint density at radius 2 is 2.26 bits per heavy atom. The van der Waals surface area contributed by atoms with E-state index >= 15 is 0 Å². The van der Waals surface area contributed by atoms with Crippen molar-refractivity contribution in [1.29, 1.82) is 0 Å². The lowest BCUT2D eigenvalue weighted by Crippen LogP contribution is -2.53. The topological polar surface area (TPSA) is 68.0 Å². The van der Waals surface area contributed by atoms with Gasteiger partial charge >= 0.3 is 0 Å². The predicted molar refractivity (Wildman–Crippen MR) is 82.5 cm³/mol. The van der Waals surface area contributed by atoms with Crippen LogP contribution in [0.15, 0.2) is 0 Å². The van der Waals surface area contributed by atoms with Crippen molar-refractivity contribution in [2.75, 3.05) is 5.32 Å². The number of thiocarbonyl (C=S) groups is 1. The van der Waals surface area contributed by atoms with Gasteiger partial charge in [-0.25, -0.2) is 4.98 Å². The molecular weight excluding hydrogens is 278 g/mol. The fourth-order valence-electron chi connectivity index (χ4n) is 2.65. The summed E-state index contributed by atoms with van der Waals surface area (Å²) in [4.78, 5) is 18.3. The van der Waals surface area contributed by atoms with E-state index in [4.69, 9.17) is 18.0 Å². The number of hydrogen-bond donors (Lipinski definition) is 2. The maximum Gasteiger partial charge on any atom is 0.239 e. The minimum atomic E-state index is -0.666. The van der Waals surface area contributed by atoms with Gasteiger partial charge < -0.3 is 11.1 Å². The molecule has 3 N–H and O–H groups in total. The van der Waals surface area contributed by atoms with E-state index < -0.39 is 5.41 Å². The third-order valence-electron chi connectivity index (χ3n) is 3.75. The third-order valence-corrected chi connectivity index (χ3v) is 5.07. The maximum atomic E-state index is 12.4. The second-order valence-corrected chi connectivity index (χ2v) is 6.93. The van der Waals surface area contributed by atoms with Crippen molar-refractivity contribution >= 4 is 39.6 Å². The number of amides is 1. The fourth-order valence-corrected chi connectivity index (χ4v) is 3.81. The normalized spacial score (nSPS) is 25.7. The molecule has 2 rings (SSSR count). The van der Waals surface area contributed by atoms with Crippen molar-refractivity contribution < 1.29 is 4.79 Å². The summed E-state index contributed by atoms with van der Waals surface area (Å²) in [6.07, 6.45) is 2.34. The van der Waals surface area contributed by atoms with Crippen molar-refractivity contribution in [3.05, 3.63) is 10.6 Å². The molecule has 0 saturated heterocycles. The van der Waals surface area contributed by atoms with Crippen LogP contribution in [0.25, 0.3) is 0 Å². The minimum Gasteiger partial charge on any atom is -0.392 e. The molecule has 1 aliphatic rings. The molecule has 6 heteroatoms. The van der Waals surface area contributed by atoms with Crippen molar-refractivity contribution in [2.45, 2.75) is 40.0 Å². The molecule has 1 aromatic heterocycles. The van der Waals surface area contributed by atoms with Gasteiger partial charge in [0.05, 0.1) is 16.1 Å². The molecule has 1 heterocycles. The summed E-state index contributed by atoms with van der Waals surface area (Å²) in [6.45, 7) is 6.17. The number of aromatic nitrogens is 1. The first-order valence-corrected chi connectivity index (χ1v) is 7.69. The number of aryl methyl sites for hydroxylation is 2. The van der Waals surface area contributed by atoms with E-state index in [1.165, 1.54) is 11.3 Å². The van der Waals surface area contributed by atoms with Gasteiger partial charge in [-0.2, -0.15) is 0 Å². The number of anilines is 1. The van der Waals surface area contributed by atoms with Crippen molar-refractivity contribution in [3.63, 3.8) is 0 Å². The molecule has 0 spiro atoms. The molecule has 1 amide bonds. The zero-order chi connectivity index (χ0) is 14.2. The van der Waals surface area contributed by atoms with Crippen molar-refractivity contribution in [3.8, 4) is 0 Å². The summed E-state index contributed by atoms with van der Waals surface area (Å²) in [5, 5.41) is 3.53. The van der Waals surface area contributed by atoms with E-state index in [2.05, 4.69) is 24.1 Å². The lowest BCUT2D eigenvalue weighted by atomic mass is 9.62. The molecule has 1 aliphatic carbocycles. The number of thiazole rings is 1. The van der Waals surface area contributed by atoms with E-state index in [-0.39, 0.29) is 5.91 Å². The molecular formula is C13H19N3OS2. The number of carbonyl (C=O) groups is 1. The van der Waals surface area contributed by atoms with E-state index in [1.807, 2.05) is 6.92 Å². The standard InChI is InChI=1S/C13H19N3OS2/c1-4-9-8(3)19-12(15-9)16-11(17)13(10(14)18)5-7(2)6-13/h7H,4-6H2,1-3H3,(H2,14,18)(H,15,16,17). The Balaban J connectivity index is 2.14. The van der Waals surface area contributed by atoms with Gasteiger partial charge in [-0.1, -0.05) is 26.1 Å². The Hall–Kier alpha value is -1.01. The molecule has 1 saturated carbocycles. The monoisotopic (exact) mass is 297 g/mol. The lowest BCUT2D eigenvalue weighted by Gasteiger charge is -2.43. The number of rotatable bonds is 4. The maximum absolute atomic E-state index is 12.4. The Labute approximate surface area is 122 Å². The predicted octanol–water partition coefficient (Wildman–Crippen LogP) is 2.65. The Morgan fingerprint density at radius 1 is 1.63 bits per heavy atom. The second kappa shape index (κ2) is 5.17. The molecule has 1 aromatic rings. The molecule has 0 aromatic carbocycles. The quantitative estimate of drug-likeness (QED) is 0.838.